The lowest BCUT2D eigenvalue weighted by Crippen LogP contribution is -2.39. The minimum Gasteiger partial charge on any atom is -0.478 e. The highest BCUT2D eigenvalue weighted by atomic mass is 16.5. The first kappa shape index (κ1) is 16.7. The van der Waals surface area contributed by atoms with E-state index in [-0.39, 0.29) is 5.56 Å². The van der Waals surface area contributed by atoms with Crippen LogP contribution < -0.4 is 0 Å². The van der Waals surface area contributed by atoms with Gasteiger partial charge in [-0.2, -0.15) is 0 Å². The molecule has 0 heterocycles. The van der Waals surface area contributed by atoms with Gasteiger partial charge in [0.25, 0.3) is 0 Å². The summed E-state index contributed by atoms with van der Waals surface area (Å²) >= 11 is 0. The van der Waals surface area contributed by atoms with E-state index in [2.05, 4.69) is 0 Å². The molecule has 0 amide bonds. The van der Waals surface area contributed by atoms with Crippen LogP contribution in [0.25, 0.3) is 5.57 Å². The van der Waals surface area contributed by atoms with Crippen LogP contribution in [-0.4, -0.2) is 24.2 Å². The van der Waals surface area contributed by atoms with Gasteiger partial charge in [0, 0.05) is 0 Å². The van der Waals surface area contributed by atoms with E-state index in [1.165, 1.54) is 7.11 Å². The lowest BCUT2D eigenvalue weighted by atomic mass is 9.67. The van der Waals surface area contributed by atoms with E-state index in [0.717, 1.165) is 5.56 Å². The first-order chi connectivity index (χ1) is 12.1. The van der Waals surface area contributed by atoms with Crippen molar-refractivity contribution in [3.8, 4) is 0 Å². The van der Waals surface area contributed by atoms with Crippen LogP contribution in [0.3, 0.4) is 0 Å². The van der Waals surface area contributed by atoms with E-state index in [1.54, 1.807) is 30.3 Å². The Kier molecular flexibility index (Phi) is 4.52. The Morgan fingerprint density at radius 2 is 1.72 bits per heavy atom. The fourth-order valence-electron chi connectivity index (χ4n) is 3.37. The summed E-state index contributed by atoms with van der Waals surface area (Å²) in [6.45, 7) is 0. The molecule has 1 N–H and O–H groups in total. The van der Waals surface area contributed by atoms with Gasteiger partial charge in [0.05, 0.1) is 12.7 Å². The largest absolute Gasteiger partial charge is 0.478 e. The maximum absolute atomic E-state index is 12.9. The van der Waals surface area contributed by atoms with Crippen molar-refractivity contribution < 1.29 is 19.4 Å². The Hall–Kier alpha value is -3.14. The topological polar surface area (TPSA) is 63.6 Å². The van der Waals surface area contributed by atoms with Gasteiger partial charge in [-0.1, -0.05) is 66.8 Å². The molecule has 4 heteroatoms. The maximum atomic E-state index is 12.9. The number of methoxy groups -OCH3 is 1. The highest BCUT2D eigenvalue weighted by Gasteiger charge is 2.46. The molecule has 0 saturated carbocycles. The second-order valence-electron chi connectivity index (χ2n) is 5.83. The molecular weight excluding hydrogens is 316 g/mol. The van der Waals surface area contributed by atoms with Crippen molar-refractivity contribution in [3.05, 3.63) is 89.5 Å². The molecule has 0 radical (unpaired) electrons. The Morgan fingerprint density at radius 3 is 2.40 bits per heavy atom. The monoisotopic (exact) mass is 334 g/mol. The quantitative estimate of drug-likeness (QED) is 0.863. The highest BCUT2D eigenvalue weighted by molar-refractivity contribution is 6.04. The predicted octanol–water partition coefficient (Wildman–Crippen LogP) is 3.84. The molecule has 0 aromatic heterocycles. The van der Waals surface area contributed by atoms with Crippen LogP contribution in [0.1, 0.15) is 27.9 Å². The van der Waals surface area contributed by atoms with Gasteiger partial charge in [0.15, 0.2) is 0 Å². The number of esters is 1. The molecule has 0 fully saturated rings. The molecule has 0 aliphatic heterocycles. The third-order valence-electron chi connectivity index (χ3n) is 4.53. The van der Waals surface area contributed by atoms with Gasteiger partial charge in [-0.15, -0.1) is 0 Å². The second-order valence-corrected chi connectivity index (χ2v) is 5.83. The average Bonchev–Trinajstić information content (AvgIpc) is 2.67. The lowest BCUT2D eigenvalue weighted by molar-refractivity contribution is -0.145. The molecule has 3 rings (SSSR count). The van der Waals surface area contributed by atoms with E-state index < -0.39 is 17.4 Å². The Labute approximate surface area is 146 Å². The summed E-state index contributed by atoms with van der Waals surface area (Å²) in [6, 6.07) is 16.1. The summed E-state index contributed by atoms with van der Waals surface area (Å²) in [7, 11) is 1.35. The fourth-order valence-corrected chi connectivity index (χ4v) is 3.37. The van der Waals surface area contributed by atoms with Gasteiger partial charge in [-0.25, -0.2) is 4.79 Å². The summed E-state index contributed by atoms with van der Waals surface area (Å²) in [5, 5.41) is 9.57. The number of hydrogen-bond acceptors (Lipinski definition) is 3. The molecule has 0 spiro atoms. The standard InChI is InChI=1S/C21H18O4/c1-25-20(24)21(15-9-3-2-4-10-15)14-8-7-13-18(21)16-11-5-6-12-17(16)19(22)23/h2-13H,14H2,1H3,(H,22,23). The normalized spacial score (nSPS) is 19.2. The van der Waals surface area contributed by atoms with Crippen molar-refractivity contribution in [2.24, 2.45) is 0 Å². The van der Waals surface area contributed by atoms with Gasteiger partial charge < -0.3 is 9.84 Å². The van der Waals surface area contributed by atoms with Crippen LogP contribution >= 0.6 is 0 Å². The molecule has 4 nitrogen and oxygen atoms in total. The first-order valence-corrected chi connectivity index (χ1v) is 7.95. The smallest absolute Gasteiger partial charge is 0.336 e. The van der Waals surface area contributed by atoms with E-state index in [4.69, 9.17) is 4.74 Å². The SMILES string of the molecule is COC(=O)C1(c2ccccc2)CC=CC=C1c1ccccc1C(=O)O. The molecule has 1 unspecified atom stereocenters. The number of benzene rings is 2. The molecule has 1 aliphatic rings. The van der Waals surface area contributed by atoms with E-state index in [1.807, 2.05) is 42.5 Å². The van der Waals surface area contributed by atoms with Gasteiger partial charge in [-0.05, 0) is 29.2 Å². The summed E-state index contributed by atoms with van der Waals surface area (Å²) in [5.41, 5.74) is 1.02. The van der Waals surface area contributed by atoms with Crippen molar-refractivity contribution in [3.63, 3.8) is 0 Å². The Bertz CT molecular complexity index is 864. The van der Waals surface area contributed by atoms with Crippen LogP contribution in [0.15, 0.2) is 72.8 Å². The number of carbonyl (C=O) groups is 2. The number of ether oxygens (including phenoxy) is 1. The molecule has 126 valence electrons. The number of carboxylic acids is 1. The van der Waals surface area contributed by atoms with Gasteiger partial charge in [0.1, 0.15) is 5.41 Å². The van der Waals surface area contributed by atoms with Crippen LogP contribution in [0.4, 0.5) is 0 Å². The molecule has 1 aliphatic carbocycles. The molecule has 1 atom stereocenters. The second kappa shape index (κ2) is 6.77. The van der Waals surface area contributed by atoms with Crippen LogP contribution in [-0.2, 0) is 14.9 Å². The number of allylic oxidation sites excluding steroid dienone is 3. The molecule has 0 bridgehead atoms. The summed E-state index contributed by atoms with van der Waals surface area (Å²) in [6.07, 6.45) is 5.95. The molecule has 2 aromatic carbocycles. The average molecular weight is 334 g/mol. The zero-order chi connectivity index (χ0) is 17.9. The molecule has 2 aromatic rings. The predicted molar refractivity (Wildman–Crippen MR) is 95.3 cm³/mol. The van der Waals surface area contributed by atoms with E-state index in [0.29, 0.717) is 17.6 Å². The number of aromatic carboxylic acids is 1. The highest BCUT2D eigenvalue weighted by Crippen LogP contribution is 2.45. The van der Waals surface area contributed by atoms with Gasteiger partial charge >= 0.3 is 11.9 Å². The van der Waals surface area contributed by atoms with Crippen molar-refractivity contribution in [1.29, 1.82) is 0 Å². The van der Waals surface area contributed by atoms with Gasteiger partial charge in [-0.3, -0.25) is 4.79 Å². The Morgan fingerprint density at radius 1 is 1.04 bits per heavy atom. The summed E-state index contributed by atoms with van der Waals surface area (Å²) < 4.78 is 5.14. The zero-order valence-corrected chi connectivity index (χ0v) is 13.8. The number of hydrogen-bond donors (Lipinski definition) is 1. The minimum absolute atomic E-state index is 0.160. The summed E-state index contributed by atoms with van der Waals surface area (Å²) in [5.74, 6) is -1.44. The summed E-state index contributed by atoms with van der Waals surface area (Å²) in [4.78, 5) is 24.6. The fraction of sp³-hybridized carbons (Fsp3) is 0.143. The zero-order valence-electron chi connectivity index (χ0n) is 13.8. The molecule has 25 heavy (non-hydrogen) atoms. The van der Waals surface area contributed by atoms with Gasteiger partial charge in [0.2, 0.25) is 0 Å². The van der Waals surface area contributed by atoms with Crippen molar-refractivity contribution >= 4 is 17.5 Å². The third kappa shape index (κ3) is 2.76. The van der Waals surface area contributed by atoms with Crippen molar-refractivity contribution in [1.82, 2.24) is 0 Å². The molecule has 0 saturated heterocycles. The number of rotatable bonds is 4. The first-order valence-electron chi connectivity index (χ1n) is 7.95. The minimum atomic E-state index is -1.07. The molecular formula is C21H18O4. The Balaban J connectivity index is 2.29. The van der Waals surface area contributed by atoms with Crippen LogP contribution in [0, 0.1) is 0 Å². The van der Waals surface area contributed by atoms with Crippen LogP contribution in [0.2, 0.25) is 0 Å². The number of carbonyl (C=O) groups excluding carboxylic acids is 1. The maximum Gasteiger partial charge on any atom is 0.336 e. The van der Waals surface area contributed by atoms with E-state index >= 15 is 0 Å². The number of carboxylic acid groups (broad SMARTS) is 1. The third-order valence-corrected chi connectivity index (χ3v) is 4.53. The van der Waals surface area contributed by atoms with Crippen LogP contribution in [0.5, 0.6) is 0 Å². The van der Waals surface area contributed by atoms with Crippen molar-refractivity contribution in [2.75, 3.05) is 7.11 Å². The van der Waals surface area contributed by atoms with E-state index in [9.17, 15) is 14.7 Å². The lowest BCUT2D eigenvalue weighted by Gasteiger charge is -2.35. The van der Waals surface area contributed by atoms with Crippen molar-refractivity contribution in [2.45, 2.75) is 11.8 Å².